The van der Waals surface area contributed by atoms with E-state index < -0.39 is 12.6 Å². The summed E-state index contributed by atoms with van der Waals surface area (Å²) < 4.78 is 35.6. The van der Waals surface area contributed by atoms with Crippen molar-refractivity contribution in [2.75, 3.05) is 17.6 Å². The van der Waals surface area contributed by atoms with Gasteiger partial charge in [-0.1, -0.05) is 11.6 Å². The lowest BCUT2D eigenvalue weighted by Gasteiger charge is -2.10. The lowest BCUT2D eigenvalue weighted by Crippen LogP contribution is -2.11. The molecule has 1 aromatic carbocycles. The highest BCUT2D eigenvalue weighted by atomic mass is 35.5. The van der Waals surface area contributed by atoms with Gasteiger partial charge in [0.05, 0.1) is 11.4 Å². The molecule has 90 valence electrons. The summed E-state index contributed by atoms with van der Waals surface area (Å²) >= 11 is 5.73. The minimum Gasteiger partial charge on any atom is -0.397 e. The molecular weight excluding hydrogens is 241 g/mol. The van der Waals surface area contributed by atoms with E-state index in [0.29, 0.717) is 16.4 Å². The van der Waals surface area contributed by atoms with E-state index in [1.54, 1.807) is 18.2 Å². The molecule has 0 aliphatic rings. The molecule has 0 aliphatic carbocycles. The molecule has 1 aromatic rings. The first-order chi connectivity index (χ1) is 7.38. The van der Waals surface area contributed by atoms with Crippen molar-refractivity contribution in [2.24, 2.45) is 0 Å². The zero-order chi connectivity index (χ0) is 12.2. The molecule has 0 fully saturated rings. The van der Waals surface area contributed by atoms with Crippen molar-refractivity contribution in [3.8, 4) is 0 Å². The monoisotopic (exact) mass is 252 g/mol. The summed E-state index contributed by atoms with van der Waals surface area (Å²) in [6.45, 7) is 0.212. The highest BCUT2D eigenvalue weighted by Gasteiger charge is 2.25. The third kappa shape index (κ3) is 4.61. The summed E-state index contributed by atoms with van der Waals surface area (Å²) in [4.78, 5) is 0. The van der Waals surface area contributed by atoms with Crippen LogP contribution in [0.3, 0.4) is 0 Å². The van der Waals surface area contributed by atoms with Gasteiger partial charge in [0.15, 0.2) is 0 Å². The van der Waals surface area contributed by atoms with E-state index in [1.165, 1.54) is 0 Å². The molecule has 0 amide bonds. The van der Waals surface area contributed by atoms with E-state index in [0.717, 1.165) is 0 Å². The number of nitrogens with one attached hydrogen (secondary N) is 1. The molecule has 0 aliphatic heterocycles. The van der Waals surface area contributed by atoms with Gasteiger partial charge in [0.1, 0.15) is 0 Å². The zero-order valence-electron chi connectivity index (χ0n) is 8.44. The van der Waals surface area contributed by atoms with Crippen LogP contribution >= 0.6 is 11.6 Å². The fraction of sp³-hybridized carbons (Fsp3) is 0.400. The minimum atomic E-state index is -4.11. The maximum Gasteiger partial charge on any atom is 0.389 e. The van der Waals surface area contributed by atoms with Gasteiger partial charge in [-0.25, -0.2) is 0 Å². The van der Waals surface area contributed by atoms with Gasteiger partial charge in [0.2, 0.25) is 0 Å². The van der Waals surface area contributed by atoms with Crippen molar-refractivity contribution in [3.05, 3.63) is 23.2 Å². The number of anilines is 2. The van der Waals surface area contributed by atoms with Crippen LogP contribution in [-0.4, -0.2) is 12.7 Å². The number of hydrogen-bond acceptors (Lipinski definition) is 2. The molecule has 0 heterocycles. The molecule has 0 spiro atoms. The van der Waals surface area contributed by atoms with Crippen LogP contribution in [0.25, 0.3) is 0 Å². The Kier molecular flexibility index (Phi) is 4.29. The SMILES string of the molecule is Nc1ccc(Cl)cc1NCCCC(F)(F)F. The van der Waals surface area contributed by atoms with Crippen LogP contribution in [0.2, 0.25) is 5.02 Å². The number of halogens is 4. The second-order valence-corrected chi connectivity index (χ2v) is 3.81. The third-order valence-corrected chi connectivity index (χ3v) is 2.20. The number of hydrogen-bond donors (Lipinski definition) is 2. The molecule has 0 saturated heterocycles. The van der Waals surface area contributed by atoms with E-state index >= 15 is 0 Å². The maximum atomic E-state index is 11.9. The molecule has 0 saturated carbocycles. The quantitative estimate of drug-likeness (QED) is 0.634. The first-order valence-electron chi connectivity index (χ1n) is 4.74. The highest BCUT2D eigenvalue weighted by Crippen LogP contribution is 2.24. The molecule has 0 aromatic heterocycles. The van der Waals surface area contributed by atoms with Crippen molar-refractivity contribution in [3.63, 3.8) is 0 Å². The summed E-state index contributed by atoms with van der Waals surface area (Å²) in [5.74, 6) is 0. The Morgan fingerprint density at radius 1 is 1.31 bits per heavy atom. The molecule has 0 bridgehead atoms. The van der Waals surface area contributed by atoms with Crippen molar-refractivity contribution in [1.29, 1.82) is 0 Å². The lowest BCUT2D eigenvalue weighted by molar-refractivity contribution is -0.134. The molecule has 0 radical (unpaired) electrons. The standard InChI is InChI=1S/C10H12ClF3N2/c11-7-2-3-8(15)9(6-7)16-5-1-4-10(12,13)14/h2-3,6,16H,1,4-5,15H2. The van der Waals surface area contributed by atoms with Crippen molar-refractivity contribution >= 4 is 23.0 Å². The number of benzene rings is 1. The topological polar surface area (TPSA) is 38.0 Å². The number of alkyl halides is 3. The average molecular weight is 253 g/mol. The largest absolute Gasteiger partial charge is 0.397 e. The molecule has 6 heteroatoms. The van der Waals surface area contributed by atoms with Gasteiger partial charge in [0.25, 0.3) is 0 Å². The molecule has 16 heavy (non-hydrogen) atoms. The zero-order valence-corrected chi connectivity index (χ0v) is 9.20. The van der Waals surface area contributed by atoms with Gasteiger partial charge in [-0.05, 0) is 24.6 Å². The van der Waals surface area contributed by atoms with Crippen molar-refractivity contribution < 1.29 is 13.2 Å². The minimum absolute atomic E-state index is 0.00938. The molecular formula is C10H12ClF3N2. The van der Waals surface area contributed by atoms with Crippen LogP contribution < -0.4 is 11.1 Å². The van der Waals surface area contributed by atoms with E-state index in [1.807, 2.05) is 0 Å². The lowest BCUT2D eigenvalue weighted by atomic mass is 10.2. The first-order valence-corrected chi connectivity index (χ1v) is 5.12. The van der Waals surface area contributed by atoms with Gasteiger partial charge in [0, 0.05) is 18.0 Å². The van der Waals surface area contributed by atoms with Crippen LogP contribution in [0.5, 0.6) is 0 Å². The Morgan fingerprint density at radius 2 is 2.00 bits per heavy atom. The third-order valence-electron chi connectivity index (χ3n) is 1.97. The Balaban J connectivity index is 2.40. The van der Waals surface area contributed by atoms with Crippen LogP contribution in [0.15, 0.2) is 18.2 Å². The summed E-state index contributed by atoms with van der Waals surface area (Å²) in [5.41, 5.74) is 6.65. The van der Waals surface area contributed by atoms with Crippen LogP contribution in [0.1, 0.15) is 12.8 Å². The fourth-order valence-electron chi connectivity index (χ4n) is 1.19. The second-order valence-electron chi connectivity index (χ2n) is 3.38. The summed E-state index contributed by atoms with van der Waals surface area (Å²) in [5, 5.41) is 3.31. The highest BCUT2D eigenvalue weighted by molar-refractivity contribution is 6.31. The Morgan fingerprint density at radius 3 is 2.62 bits per heavy atom. The fourth-order valence-corrected chi connectivity index (χ4v) is 1.37. The van der Waals surface area contributed by atoms with E-state index in [4.69, 9.17) is 17.3 Å². The summed E-state index contributed by atoms with van der Waals surface area (Å²) in [7, 11) is 0. The van der Waals surface area contributed by atoms with E-state index in [2.05, 4.69) is 5.32 Å². The van der Waals surface area contributed by atoms with E-state index in [9.17, 15) is 13.2 Å². The number of nitrogens with two attached hydrogens (primary N) is 1. The van der Waals surface area contributed by atoms with Gasteiger partial charge in [-0.15, -0.1) is 0 Å². The maximum absolute atomic E-state index is 11.9. The molecule has 0 atom stereocenters. The van der Waals surface area contributed by atoms with Gasteiger partial charge < -0.3 is 11.1 Å². The van der Waals surface area contributed by atoms with Crippen molar-refractivity contribution in [1.82, 2.24) is 0 Å². The normalized spacial score (nSPS) is 11.5. The predicted molar refractivity (Wildman–Crippen MR) is 59.6 cm³/mol. The van der Waals surface area contributed by atoms with Crippen molar-refractivity contribution in [2.45, 2.75) is 19.0 Å². The molecule has 0 unspecified atom stereocenters. The Hall–Kier alpha value is -1.10. The molecule has 2 nitrogen and oxygen atoms in total. The number of nitrogen functional groups attached to an aromatic ring is 1. The number of rotatable bonds is 4. The average Bonchev–Trinajstić information content (AvgIpc) is 2.16. The van der Waals surface area contributed by atoms with E-state index in [-0.39, 0.29) is 13.0 Å². The Labute approximate surface area is 96.6 Å². The molecule has 1 rings (SSSR count). The van der Waals surface area contributed by atoms with Gasteiger partial charge >= 0.3 is 6.18 Å². The van der Waals surface area contributed by atoms with Gasteiger partial charge in [-0.2, -0.15) is 13.2 Å². The summed E-state index contributed by atoms with van der Waals surface area (Å²) in [6, 6.07) is 4.82. The van der Waals surface area contributed by atoms with Gasteiger partial charge in [-0.3, -0.25) is 0 Å². The van der Waals surface area contributed by atoms with Crippen LogP contribution in [0.4, 0.5) is 24.5 Å². The Bertz CT molecular complexity index is 352. The summed E-state index contributed by atoms with van der Waals surface area (Å²) in [6.07, 6.45) is -4.91. The predicted octanol–water partition coefficient (Wildman–Crippen LogP) is 3.68. The van der Waals surface area contributed by atoms with Crippen LogP contribution in [0, 0.1) is 0 Å². The smallest absolute Gasteiger partial charge is 0.389 e. The second kappa shape index (κ2) is 5.30. The van der Waals surface area contributed by atoms with Crippen LogP contribution in [-0.2, 0) is 0 Å². The first kappa shape index (κ1) is 13.0. The molecule has 3 N–H and O–H groups in total.